The van der Waals surface area contributed by atoms with Gasteiger partial charge in [0.1, 0.15) is 5.54 Å². The number of hydrogen-bond acceptors (Lipinski definition) is 3. The molecule has 2 saturated heterocycles. The van der Waals surface area contributed by atoms with Crippen molar-refractivity contribution in [3.63, 3.8) is 0 Å². The highest BCUT2D eigenvalue weighted by molar-refractivity contribution is 6.07. The van der Waals surface area contributed by atoms with Gasteiger partial charge in [0.15, 0.2) is 0 Å². The predicted octanol–water partition coefficient (Wildman–Crippen LogP) is -0.658. The number of rotatable bonds is 0. The fourth-order valence-corrected chi connectivity index (χ4v) is 2.32. The molecule has 0 aliphatic carbocycles. The molecule has 2 rings (SSSR count). The molecule has 0 aromatic carbocycles. The van der Waals surface area contributed by atoms with E-state index >= 15 is 0 Å². The lowest BCUT2D eigenvalue weighted by molar-refractivity contribution is -0.125. The zero-order chi connectivity index (χ0) is 12.6. The van der Waals surface area contributed by atoms with E-state index in [-0.39, 0.29) is 18.5 Å². The molecule has 1 spiro atoms. The van der Waals surface area contributed by atoms with Crippen LogP contribution in [-0.4, -0.2) is 60.5 Å². The standard InChI is InChI=1S/C10H16N4O3/c1-13(2)9(17)14-5-3-4-10(6-14)7(15)11-8(16)12-10/h3-6H2,1-2H3,(H2,11,12,15,16). The van der Waals surface area contributed by atoms with Crippen LogP contribution in [0.25, 0.3) is 0 Å². The molecular formula is C10H16N4O3. The molecule has 1 unspecified atom stereocenters. The Balaban J connectivity index is 2.14. The Labute approximate surface area is 99.1 Å². The number of nitrogens with one attached hydrogen (secondary N) is 2. The molecule has 2 heterocycles. The molecule has 2 N–H and O–H groups in total. The molecule has 94 valence electrons. The van der Waals surface area contributed by atoms with Crippen LogP contribution in [0.4, 0.5) is 9.59 Å². The Bertz CT molecular complexity index is 382. The Hall–Kier alpha value is -1.79. The summed E-state index contributed by atoms with van der Waals surface area (Å²) >= 11 is 0. The molecule has 2 fully saturated rings. The fourth-order valence-electron chi connectivity index (χ4n) is 2.32. The summed E-state index contributed by atoms with van der Waals surface area (Å²) in [7, 11) is 3.33. The summed E-state index contributed by atoms with van der Waals surface area (Å²) in [5.41, 5.74) is -0.930. The molecule has 7 nitrogen and oxygen atoms in total. The van der Waals surface area contributed by atoms with Crippen molar-refractivity contribution >= 4 is 18.0 Å². The maximum absolute atomic E-state index is 11.8. The number of carbonyl (C=O) groups is 3. The van der Waals surface area contributed by atoms with E-state index in [1.807, 2.05) is 0 Å². The highest BCUT2D eigenvalue weighted by Gasteiger charge is 2.49. The minimum Gasteiger partial charge on any atom is -0.331 e. The van der Waals surface area contributed by atoms with Crippen molar-refractivity contribution in [3.8, 4) is 0 Å². The van der Waals surface area contributed by atoms with Gasteiger partial charge in [-0.25, -0.2) is 9.59 Å². The third-order valence-corrected chi connectivity index (χ3v) is 3.16. The fraction of sp³-hybridized carbons (Fsp3) is 0.700. The second kappa shape index (κ2) is 3.90. The lowest BCUT2D eigenvalue weighted by Gasteiger charge is -2.38. The van der Waals surface area contributed by atoms with Gasteiger partial charge in [0, 0.05) is 20.6 Å². The first-order valence-electron chi connectivity index (χ1n) is 5.54. The number of carbonyl (C=O) groups excluding carboxylic acids is 3. The minimum atomic E-state index is -0.930. The van der Waals surface area contributed by atoms with Crippen LogP contribution in [0, 0.1) is 0 Å². The van der Waals surface area contributed by atoms with Gasteiger partial charge >= 0.3 is 12.1 Å². The summed E-state index contributed by atoms with van der Waals surface area (Å²) in [6.07, 6.45) is 1.27. The minimum absolute atomic E-state index is 0.141. The summed E-state index contributed by atoms with van der Waals surface area (Å²) in [5, 5.41) is 4.86. The number of likely N-dealkylation sites (tertiary alicyclic amines) is 1. The summed E-state index contributed by atoms with van der Waals surface area (Å²) < 4.78 is 0. The number of amides is 5. The quantitative estimate of drug-likeness (QED) is 0.552. The van der Waals surface area contributed by atoms with E-state index < -0.39 is 11.6 Å². The lowest BCUT2D eigenvalue weighted by Crippen LogP contribution is -2.60. The largest absolute Gasteiger partial charge is 0.331 e. The van der Waals surface area contributed by atoms with Crippen molar-refractivity contribution in [2.45, 2.75) is 18.4 Å². The van der Waals surface area contributed by atoms with Gasteiger partial charge in [-0.2, -0.15) is 0 Å². The van der Waals surface area contributed by atoms with Gasteiger partial charge in [-0.05, 0) is 12.8 Å². The van der Waals surface area contributed by atoms with Crippen LogP contribution in [0.3, 0.4) is 0 Å². The SMILES string of the molecule is CN(C)C(=O)N1CCCC2(C1)NC(=O)NC2=O. The first-order valence-corrected chi connectivity index (χ1v) is 5.54. The van der Waals surface area contributed by atoms with Crippen molar-refractivity contribution in [1.82, 2.24) is 20.4 Å². The number of nitrogens with zero attached hydrogens (tertiary/aromatic N) is 2. The Morgan fingerprint density at radius 1 is 1.41 bits per heavy atom. The van der Waals surface area contributed by atoms with Crippen molar-refractivity contribution in [1.29, 1.82) is 0 Å². The number of hydrogen-bond donors (Lipinski definition) is 2. The van der Waals surface area contributed by atoms with Crippen LogP contribution in [-0.2, 0) is 4.79 Å². The van der Waals surface area contributed by atoms with Gasteiger partial charge in [-0.1, -0.05) is 0 Å². The zero-order valence-electron chi connectivity index (χ0n) is 9.95. The maximum Gasteiger partial charge on any atom is 0.322 e. The van der Waals surface area contributed by atoms with E-state index in [0.29, 0.717) is 19.4 Å². The summed E-state index contributed by atoms with van der Waals surface area (Å²) in [6, 6.07) is -0.618. The van der Waals surface area contributed by atoms with Crippen molar-refractivity contribution in [2.24, 2.45) is 0 Å². The van der Waals surface area contributed by atoms with Crippen molar-refractivity contribution in [2.75, 3.05) is 27.2 Å². The van der Waals surface area contributed by atoms with Gasteiger partial charge in [-0.15, -0.1) is 0 Å². The van der Waals surface area contributed by atoms with Gasteiger partial charge in [0.05, 0.1) is 6.54 Å². The second-order valence-electron chi connectivity index (χ2n) is 4.69. The van der Waals surface area contributed by atoms with E-state index in [0.717, 1.165) is 0 Å². The van der Waals surface area contributed by atoms with Gasteiger partial charge in [0.2, 0.25) is 0 Å². The lowest BCUT2D eigenvalue weighted by atomic mass is 9.89. The Morgan fingerprint density at radius 2 is 2.12 bits per heavy atom. The third kappa shape index (κ3) is 1.92. The van der Waals surface area contributed by atoms with Crippen LogP contribution >= 0.6 is 0 Å². The van der Waals surface area contributed by atoms with Crippen molar-refractivity contribution in [3.05, 3.63) is 0 Å². The Kier molecular flexibility index (Phi) is 2.68. The molecule has 0 aromatic heterocycles. The molecule has 1 atom stereocenters. The van der Waals surface area contributed by atoms with Crippen LogP contribution in [0.15, 0.2) is 0 Å². The topological polar surface area (TPSA) is 81.8 Å². The van der Waals surface area contributed by atoms with Crippen LogP contribution in [0.2, 0.25) is 0 Å². The maximum atomic E-state index is 11.8. The number of urea groups is 2. The monoisotopic (exact) mass is 240 g/mol. The normalized spacial score (nSPS) is 28.0. The highest BCUT2D eigenvalue weighted by atomic mass is 16.2. The van der Waals surface area contributed by atoms with Crippen LogP contribution < -0.4 is 10.6 Å². The Morgan fingerprint density at radius 3 is 2.65 bits per heavy atom. The van der Waals surface area contributed by atoms with E-state index in [9.17, 15) is 14.4 Å². The van der Waals surface area contributed by atoms with Gasteiger partial charge in [-0.3, -0.25) is 10.1 Å². The van der Waals surface area contributed by atoms with Crippen molar-refractivity contribution < 1.29 is 14.4 Å². The van der Waals surface area contributed by atoms with E-state index in [4.69, 9.17) is 0 Å². The molecule has 5 amide bonds. The summed E-state index contributed by atoms with van der Waals surface area (Å²) in [6.45, 7) is 0.851. The molecule has 0 bridgehead atoms. The average molecular weight is 240 g/mol. The molecule has 0 aromatic rings. The highest BCUT2D eigenvalue weighted by Crippen LogP contribution is 2.24. The molecule has 2 aliphatic heterocycles. The van der Waals surface area contributed by atoms with Gasteiger partial charge in [0.25, 0.3) is 5.91 Å². The second-order valence-corrected chi connectivity index (χ2v) is 4.69. The number of piperidine rings is 1. The molecular weight excluding hydrogens is 224 g/mol. The van der Waals surface area contributed by atoms with E-state index in [2.05, 4.69) is 10.6 Å². The summed E-state index contributed by atoms with van der Waals surface area (Å²) in [4.78, 5) is 37.8. The average Bonchev–Trinajstić information content (AvgIpc) is 2.52. The van der Waals surface area contributed by atoms with E-state index in [1.54, 1.807) is 19.0 Å². The molecule has 7 heteroatoms. The third-order valence-electron chi connectivity index (χ3n) is 3.16. The molecule has 0 saturated carbocycles. The molecule has 0 radical (unpaired) electrons. The molecule has 17 heavy (non-hydrogen) atoms. The van der Waals surface area contributed by atoms with E-state index in [1.165, 1.54) is 4.90 Å². The summed E-state index contributed by atoms with van der Waals surface area (Å²) in [5.74, 6) is -0.334. The van der Waals surface area contributed by atoms with Crippen LogP contribution in [0.1, 0.15) is 12.8 Å². The molecule has 2 aliphatic rings. The number of imide groups is 1. The zero-order valence-corrected chi connectivity index (χ0v) is 9.95. The first kappa shape index (κ1) is 11.7. The smallest absolute Gasteiger partial charge is 0.322 e. The van der Waals surface area contributed by atoms with Crippen LogP contribution in [0.5, 0.6) is 0 Å². The first-order chi connectivity index (χ1) is 7.94. The predicted molar refractivity (Wildman–Crippen MR) is 59.3 cm³/mol. The van der Waals surface area contributed by atoms with Gasteiger partial charge < -0.3 is 15.1 Å².